The molecule has 1 amide bonds. The molecule has 168 valence electrons. The molecule has 1 aromatic heterocycles. The molecule has 7 nitrogen and oxygen atoms in total. The third kappa shape index (κ3) is 4.92. The molecule has 8 heteroatoms. The lowest BCUT2D eigenvalue weighted by Gasteiger charge is -2.25. The van der Waals surface area contributed by atoms with Crippen molar-refractivity contribution in [3.8, 4) is 5.75 Å². The number of likely N-dealkylation sites (N-methyl/N-ethyl adjacent to an activating group) is 1. The first kappa shape index (κ1) is 22.2. The first-order chi connectivity index (χ1) is 15.3. The number of hydrogen-bond acceptors (Lipinski definition) is 6. The maximum atomic E-state index is 13.2. The molecule has 0 saturated heterocycles. The van der Waals surface area contributed by atoms with Gasteiger partial charge in [-0.25, -0.2) is 4.98 Å². The minimum absolute atomic E-state index is 0.193. The van der Waals surface area contributed by atoms with Crippen LogP contribution in [0.5, 0.6) is 5.75 Å². The topological polar surface area (TPSA) is 91.8 Å². The van der Waals surface area contributed by atoms with E-state index in [0.29, 0.717) is 19.4 Å². The van der Waals surface area contributed by atoms with Crippen LogP contribution in [0.4, 0.5) is 0 Å². The van der Waals surface area contributed by atoms with Gasteiger partial charge in [0.05, 0.1) is 28.6 Å². The van der Waals surface area contributed by atoms with E-state index >= 15 is 0 Å². The Morgan fingerprint density at radius 3 is 2.56 bits per heavy atom. The molecule has 0 aliphatic heterocycles. The van der Waals surface area contributed by atoms with E-state index in [9.17, 15) is 14.7 Å². The minimum atomic E-state index is -0.963. The second-order valence-corrected chi connectivity index (χ2v) is 9.66. The summed E-state index contributed by atoms with van der Waals surface area (Å²) in [6, 6.07) is 13.6. The number of nitrogens with zero attached hydrogens (tertiary/aromatic N) is 2. The quantitative estimate of drug-likeness (QED) is 0.517. The minimum Gasteiger partial charge on any atom is -0.492 e. The highest BCUT2D eigenvalue weighted by molar-refractivity contribution is 7.18. The van der Waals surface area contributed by atoms with Crippen LogP contribution in [0, 0.1) is 5.41 Å². The lowest BCUT2D eigenvalue weighted by Crippen LogP contribution is -2.43. The summed E-state index contributed by atoms with van der Waals surface area (Å²) >= 11 is 1.50. The lowest BCUT2D eigenvalue weighted by atomic mass is 9.80. The van der Waals surface area contributed by atoms with Crippen LogP contribution >= 0.6 is 11.3 Å². The van der Waals surface area contributed by atoms with Gasteiger partial charge in [-0.2, -0.15) is 0 Å². The van der Waals surface area contributed by atoms with Crippen LogP contribution in [0.2, 0.25) is 0 Å². The highest BCUT2D eigenvalue weighted by atomic mass is 32.1. The zero-order chi connectivity index (χ0) is 22.7. The number of benzene rings is 2. The Morgan fingerprint density at radius 1 is 1.19 bits per heavy atom. The molecule has 0 atom stereocenters. The third-order valence-corrected chi connectivity index (χ3v) is 6.78. The van der Waals surface area contributed by atoms with Gasteiger partial charge in [-0.15, -0.1) is 11.3 Å². The standard InChI is InChI=1S/C24H27N3O4S/c1-27(2)9-10-31-18-7-8-19-20(11-18)32-21(26-19)15-25-23(30)24(14-22(28)29)12-16-5-3-4-6-17(16)13-24/h3-8,11H,9-10,12-15H2,1-2H3,(H,25,30)(H,28,29). The summed E-state index contributed by atoms with van der Waals surface area (Å²) in [5.41, 5.74) is 1.99. The van der Waals surface area contributed by atoms with E-state index in [1.165, 1.54) is 11.3 Å². The molecule has 1 aliphatic rings. The highest BCUT2D eigenvalue weighted by Gasteiger charge is 2.45. The van der Waals surface area contributed by atoms with E-state index in [1.807, 2.05) is 56.6 Å². The fraction of sp³-hybridized carbons (Fsp3) is 0.375. The second-order valence-electron chi connectivity index (χ2n) is 8.54. The van der Waals surface area contributed by atoms with Crippen LogP contribution in [0.15, 0.2) is 42.5 Å². The Kier molecular flexibility index (Phi) is 6.43. The van der Waals surface area contributed by atoms with Gasteiger partial charge in [-0.1, -0.05) is 24.3 Å². The van der Waals surface area contributed by atoms with Gasteiger partial charge in [0.25, 0.3) is 0 Å². The predicted molar refractivity (Wildman–Crippen MR) is 124 cm³/mol. The summed E-state index contributed by atoms with van der Waals surface area (Å²) in [4.78, 5) is 31.4. The molecule has 0 radical (unpaired) electrons. The lowest BCUT2D eigenvalue weighted by molar-refractivity contribution is -0.145. The van der Waals surface area contributed by atoms with E-state index in [-0.39, 0.29) is 18.9 Å². The molecular weight excluding hydrogens is 426 g/mol. The number of aromatic nitrogens is 1. The van der Waals surface area contributed by atoms with Crippen LogP contribution in [0.1, 0.15) is 22.6 Å². The molecule has 0 bridgehead atoms. The van der Waals surface area contributed by atoms with Crippen molar-refractivity contribution in [2.24, 2.45) is 5.41 Å². The summed E-state index contributed by atoms with van der Waals surface area (Å²) in [7, 11) is 4.00. The SMILES string of the molecule is CN(C)CCOc1ccc2nc(CNC(=O)C3(CC(=O)O)Cc4ccccc4C3)sc2c1. The molecule has 1 heterocycles. The van der Waals surface area contributed by atoms with E-state index in [4.69, 9.17) is 4.74 Å². The van der Waals surface area contributed by atoms with Crippen LogP contribution in [0.3, 0.4) is 0 Å². The molecule has 1 aliphatic carbocycles. The number of carboxylic acids is 1. The van der Waals surface area contributed by atoms with E-state index in [2.05, 4.69) is 15.2 Å². The maximum Gasteiger partial charge on any atom is 0.304 e. The molecule has 2 aromatic carbocycles. The number of aliphatic carboxylic acids is 1. The average molecular weight is 454 g/mol. The van der Waals surface area contributed by atoms with Crippen molar-refractivity contribution in [3.05, 3.63) is 58.6 Å². The normalized spacial score (nSPS) is 14.5. The van der Waals surface area contributed by atoms with Crippen LogP contribution in [-0.2, 0) is 29.0 Å². The van der Waals surface area contributed by atoms with Gasteiger partial charge in [-0.3, -0.25) is 9.59 Å². The number of carbonyl (C=O) groups is 2. The summed E-state index contributed by atoms with van der Waals surface area (Å²) in [6.45, 7) is 1.71. The van der Waals surface area contributed by atoms with Crippen LogP contribution < -0.4 is 10.1 Å². The molecule has 0 saturated carbocycles. The Balaban J connectivity index is 1.43. The molecule has 0 fully saturated rings. The summed E-state index contributed by atoms with van der Waals surface area (Å²) in [5.74, 6) is -0.402. The van der Waals surface area contributed by atoms with Crippen molar-refractivity contribution in [1.82, 2.24) is 15.2 Å². The number of carboxylic acid groups (broad SMARTS) is 1. The van der Waals surface area contributed by atoms with E-state index in [0.717, 1.165) is 38.6 Å². The van der Waals surface area contributed by atoms with Gasteiger partial charge < -0.3 is 20.1 Å². The first-order valence-corrected chi connectivity index (χ1v) is 11.4. The number of carbonyl (C=O) groups excluding carboxylic acids is 1. The third-order valence-electron chi connectivity index (χ3n) is 5.76. The molecule has 2 N–H and O–H groups in total. The monoisotopic (exact) mass is 453 g/mol. The van der Waals surface area contributed by atoms with E-state index < -0.39 is 11.4 Å². The van der Waals surface area contributed by atoms with Crippen molar-refractivity contribution in [2.75, 3.05) is 27.2 Å². The zero-order valence-corrected chi connectivity index (χ0v) is 19.1. The second kappa shape index (κ2) is 9.26. The molecule has 0 spiro atoms. The fourth-order valence-corrected chi connectivity index (χ4v) is 5.09. The van der Waals surface area contributed by atoms with Gasteiger partial charge >= 0.3 is 5.97 Å². The number of ether oxygens (including phenoxy) is 1. The van der Waals surface area contributed by atoms with Gasteiger partial charge in [0.1, 0.15) is 17.4 Å². The Hall–Kier alpha value is -2.97. The largest absolute Gasteiger partial charge is 0.492 e. The fourth-order valence-electron chi connectivity index (χ4n) is 4.16. The van der Waals surface area contributed by atoms with Crippen LogP contribution in [-0.4, -0.2) is 54.1 Å². The molecular formula is C24H27N3O4S. The number of fused-ring (bicyclic) bond motifs is 2. The van der Waals surface area contributed by atoms with Gasteiger partial charge in [0.2, 0.25) is 5.91 Å². The summed E-state index contributed by atoms with van der Waals surface area (Å²) < 4.78 is 6.78. The Morgan fingerprint density at radius 2 is 1.91 bits per heavy atom. The van der Waals surface area contributed by atoms with E-state index in [1.54, 1.807) is 0 Å². The number of hydrogen-bond donors (Lipinski definition) is 2. The number of thiazole rings is 1. The first-order valence-electron chi connectivity index (χ1n) is 10.6. The Bertz CT molecular complexity index is 1120. The summed E-state index contributed by atoms with van der Waals surface area (Å²) in [6.07, 6.45) is 0.685. The predicted octanol–water partition coefficient (Wildman–Crippen LogP) is 3.11. The molecule has 32 heavy (non-hydrogen) atoms. The smallest absolute Gasteiger partial charge is 0.304 e. The van der Waals surface area contributed by atoms with Gasteiger partial charge in [0.15, 0.2) is 0 Å². The average Bonchev–Trinajstić information content (AvgIpc) is 3.31. The number of nitrogens with one attached hydrogen (secondary N) is 1. The van der Waals surface area contributed by atoms with Gasteiger partial charge in [0, 0.05) is 6.54 Å². The number of amides is 1. The van der Waals surface area contributed by atoms with Crippen molar-refractivity contribution < 1.29 is 19.4 Å². The zero-order valence-electron chi connectivity index (χ0n) is 18.3. The van der Waals surface area contributed by atoms with Crippen molar-refractivity contribution in [1.29, 1.82) is 0 Å². The van der Waals surface area contributed by atoms with Crippen molar-refractivity contribution in [2.45, 2.75) is 25.8 Å². The van der Waals surface area contributed by atoms with Crippen molar-refractivity contribution >= 4 is 33.4 Å². The molecule has 3 aromatic rings. The van der Waals surface area contributed by atoms with Gasteiger partial charge in [-0.05, 0) is 56.3 Å². The molecule has 0 unspecified atom stereocenters. The number of rotatable bonds is 9. The maximum absolute atomic E-state index is 13.2. The molecule has 4 rings (SSSR count). The van der Waals surface area contributed by atoms with Crippen molar-refractivity contribution in [3.63, 3.8) is 0 Å². The summed E-state index contributed by atoms with van der Waals surface area (Å²) in [5, 5.41) is 13.2. The highest BCUT2D eigenvalue weighted by Crippen LogP contribution is 2.40. The Labute approximate surface area is 191 Å². The van der Waals surface area contributed by atoms with Crippen LogP contribution in [0.25, 0.3) is 10.2 Å².